The maximum Gasteiger partial charge on any atom is 0.254 e. The van der Waals surface area contributed by atoms with Crippen molar-refractivity contribution < 1.29 is 28.7 Å². The fourth-order valence-corrected chi connectivity index (χ4v) is 9.79. The predicted octanol–water partition coefficient (Wildman–Crippen LogP) is 4.06. The number of carbonyl (C=O) groups is 5. The molecule has 3 N–H and O–H groups in total. The monoisotopic (exact) mass is 858 g/mol. The van der Waals surface area contributed by atoms with E-state index in [0.717, 1.165) is 81.6 Å². The maximum absolute atomic E-state index is 13.5. The Morgan fingerprint density at radius 2 is 1.83 bits per heavy atom. The van der Waals surface area contributed by atoms with Crippen molar-refractivity contribution in [3.63, 3.8) is 0 Å². The fraction of sp³-hybridized carbons (Fsp3) is 0.511. The molecule has 2 atom stereocenters. The van der Waals surface area contributed by atoms with Gasteiger partial charge in [0.2, 0.25) is 24.2 Å². The Labute approximate surface area is 369 Å². The molecular weight excluding hydrogens is 801 g/mol. The van der Waals surface area contributed by atoms with Crippen LogP contribution in [0.5, 0.6) is 5.75 Å². The van der Waals surface area contributed by atoms with Crippen LogP contribution in [-0.4, -0.2) is 132 Å². The van der Waals surface area contributed by atoms with Gasteiger partial charge in [0.25, 0.3) is 11.8 Å². The number of fused-ring (bicyclic) bond motifs is 2. The third kappa shape index (κ3) is 9.21. The summed E-state index contributed by atoms with van der Waals surface area (Å²) in [5.74, 6) is 7.82. The topological polar surface area (TPSA) is 173 Å². The number of likely N-dealkylation sites (N-methyl/N-ethyl adjacent to an activating group) is 1. The van der Waals surface area contributed by atoms with E-state index in [2.05, 4.69) is 47.5 Å². The lowest BCUT2D eigenvalue weighted by Gasteiger charge is -2.47. The smallest absolute Gasteiger partial charge is 0.254 e. The van der Waals surface area contributed by atoms with Crippen molar-refractivity contribution in [1.29, 1.82) is 0 Å². The van der Waals surface area contributed by atoms with Gasteiger partial charge in [-0.25, -0.2) is 4.98 Å². The van der Waals surface area contributed by atoms with E-state index in [1.165, 1.54) is 0 Å². The molecule has 8 rings (SSSR count). The first-order valence-electron chi connectivity index (χ1n) is 22.4. The first-order chi connectivity index (χ1) is 30.6. The summed E-state index contributed by atoms with van der Waals surface area (Å²) in [5, 5.41) is 8.71. The minimum absolute atomic E-state index is 0.0585. The molecule has 0 radical (unpaired) electrons. The second kappa shape index (κ2) is 19.1. The number of rotatable bonds is 14. The normalized spacial score (nSPS) is 20.1. The molecule has 1 aliphatic carbocycles. The molecular formula is C47H58N10O6. The zero-order valence-corrected chi connectivity index (χ0v) is 36.7. The van der Waals surface area contributed by atoms with Gasteiger partial charge in [0.1, 0.15) is 17.5 Å². The van der Waals surface area contributed by atoms with E-state index >= 15 is 0 Å². The van der Waals surface area contributed by atoms with Gasteiger partial charge in [-0.2, -0.15) is 4.98 Å². The molecule has 5 heterocycles. The summed E-state index contributed by atoms with van der Waals surface area (Å²) in [6, 6.07) is 11.4. The summed E-state index contributed by atoms with van der Waals surface area (Å²) in [5.41, 5.74) is 4.28. The molecule has 1 saturated carbocycles. The Morgan fingerprint density at radius 1 is 1.05 bits per heavy atom. The summed E-state index contributed by atoms with van der Waals surface area (Å²) in [7, 11) is 3.37. The lowest BCUT2D eigenvalue weighted by molar-refractivity contribution is -0.125. The van der Waals surface area contributed by atoms with Gasteiger partial charge in [0.15, 0.2) is 5.82 Å². The van der Waals surface area contributed by atoms with Crippen LogP contribution < -0.4 is 30.5 Å². The molecule has 2 unspecified atom stereocenters. The van der Waals surface area contributed by atoms with Crippen molar-refractivity contribution >= 4 is 53.2 Å². The molecule has 16 nitrogen and oxygen atoms in total. The molecule has 3 fully saturated rings. The first-order valence-corrected chi connectivity index (χ1v) is 22.4. The van der Waals surface area contributed by atoms with Gasteiger partial charge < -0.3 is 30.1 Å². The molecule has 0 bridgehead atoms. The van der Waals surface area contributed by atoms with Crippen molar-refractivity contribution in [3.05, 3.63) is 64.8 Å². The average Bonchev–Trinajstić information content (AvgIpc) is 3.94. The van der Waals surface area contributed by atoms with Gasteiger partial charge in [-0.05, 0) is 81.3 Å². The Hall–Kier alpha value is -6.05. The Bertz CT molecular complexity index is 2290. The van der Waals surface area contributed by atoms with Crippen LogP contribution in [0.4, 0.5) is 23.1 Å². The number of amides is 5. The molecule has 3 aromatic rings. The highest BCUT2D eigenvalue weighted by Gasteiger charge is 2.41. The van der Waals surface area contributed by atoms with Gasteiger partial charge >= 0.3 is 0 Å². The highest BCUT2D eigenvalue weighted by Crippen LogP contribution is 2.40. The molecule has 2 aromatic carbocycles. The zero-order valence-electron chi connectivity index (χ0n) is 36.7. The van der Waals surface area contributed by atoms with Crippen LogP contribution >= 0.6 is 0 Å². The van der Waals surface area contributed by atoms with Crippen molar-refractivity contribution in [3.8, 4) is 17.6 Å². The lowest BCUT2D eigenvalue weighted by Crippen LogP contribution is -2.61. The van der Waals surface area contributed by atoms with Crippen molar-refractivity contribution in [1.82, 2.24) is 35.3 Å². The number of piperidine rings is 1. The number of aromatic nitrogens is 2. The van der Waals surface area contributed by atoms with Crippen LogP contribution in [0.2, 0.25) is 0 Å². The number of nitrogens with zero attached hydrogens (tertiary/aromatic N) is 7. The molecule has 5 amide bonds. The number of imide groups is 1. The van der Waals surface area contributed by atoms with E-state index < -0.39 is 0 Å². The van der Waals surface area contributed by atoms with E-state index in [1.54, 1.807) is 42.3 Å². The van der Waals surface area contributed by atoms with Crippen LogP contribution in [0, 0.1) is 11.8 Å². The highest BCUT2D eigenvalue weighted by molar-refractivity contribution is 6.04. The van der Waals surface area contributed by atoms with E-state index in [0.29, 0.717) is 72.6 Å². The largest absolute Gasteiger partial charge is 0.495 e. The summed E-state index contributed by atoms with van der Waals surface area (Å²) < 4.78 is 5.73. The number of hydrogen-bond acceptors (Lipinski definition) is 12. The predicted molar refractivity (Wildman–Crippen MR) is 239 cm³/mol. The number of anilines is 4. The molecule has 0 spiro atoms. The highest BCUT2D eigenvalue weighted by atomic mass is 16.5. The maximum atomic E-state index is 13.5. The van der Waals surface area contributed by atoms with Crippen molar-refractivity contribution in [2.24, 2.45) is 0 Å². The number of benzene rings is 2. The van der Waals surface area contributed by atoms with Gasteiger partial charge in [0, 0.05) is 87.0 Å². The number of hydrogen-bond donors (Lipinski definition) is 3. The first kappa shape index (κ1) is 43.6. The number of nitrogens with one attached hydrogen (secondary N) is 3. The summed E-state index contributed by atoms with van der Waals surface area (Å²) >= 11 is 0. The molecule has 332 valence electrons. The van der Waals surface area contributed by atoms with Crippen LogP contribution in [0.1, 0.15) is 103 Å². The van der Waals surface area contributed by atoms with E-state index in [9.17, 15) is 24.0 Å². The molecule has 2 saturated heterocycles. The molecule has 63 heavy (non-hydrogen) atoms. The third-order valence-electron chi connectivity index (χ3n) is 13.5. The number of carbonyl (C=O) groups excluding carboxylic acids is 5. The molecule has 1 aromatic heterocycles. The number of likely N-dealkylation sites (tertiary alicyclic amines) is 2. The SMILES string of the molecule is CCC1C(=O)N(C)c2cnc(Nc3ccc(C(=O)NC4CCN(C5CN(CC#Cc6cccc7c6CN(C(C)CCC(=O)NC=O)C7=O)C5)CC4)cc3OC)nc2N1C1CCCC1. The van der Waals surface area contributed by atoms with Crippen LogP contribution in [-0.2, 0) is 20.9 Å². The number of ether oxygens (including phenoxy) is 1. The summed E-state index contributed by atoms with van der Waals surface area (Å²) in [6.07, 6.45) is 9.51. The van der Waals surface area contributed by atoms with Gasteiger partial charge in [-0.1, -0.05) is 37.7 Å². The minimum atomic E-state index is -0.353. The standard InChI is InChI=1S/C47H58N10O6/c1-5-39-46(62)53(3)40-25-48-47(52-43(40)57(39)34-12-6-7-13-34)51-38-17-16-32(24-41(38)63-4)44(60)50-33-19-22-55(23-20-33)35-26-54(27-35)21-9-11-31-10-8-14-36-37(31)28-56(45(36)61)30(2)15-18-42(59)49-29-58/h8,10,14,16-17,24-25,29-30,33-35,39H,5-7,12-13,15,18-23,26-28H2,1-4H3,(H,50,60)(H,48,51,52)(H,49,58,59). The summed E-state index contributed by atoms with van der Waals surface area (Å²) in [6.45, 7) is 8.74. The van der Waals surface area contributed by atoms with Gasteiger partial charge in [0.05, 0.1) is 25.5 Å². The van der Waals surface area contributed by atoms with Crippen molar-refractivity contribution in [2.45, 2.75) is 108 Å². The van der Waals surface area contributed by atoms with E-state index in [-0.39, 0.29) is 54.2 Å². The summed E-state index contributed by atoms with van der Waals surface area (Å²) in [4.78, 5) is 82.3. The van der Waals surface area contributed by atoms with Crippen LogP contribution in [0.25, 0.3) is 0 Å². The second-order valence-electron chi connectivity index (χ2n) is 17.4. The Kier molecular flexibility index (Phi) is 13.2. The molecule has 5 aliphatic rings. The Balaban J connectivity index is 0.801. The third-order valence-corrected chi connectivity index (χ3v) is 13.5. The van der Waals surface area contributed by atoms with Gasteiger partial charge in [-0.3, -0.25) is 39.1 Å². The van der Waals surface area contributed by atoms with Crippen molar-refractivity contribution in [2.75, 3.05) is 62.0 Å². The lowest BCUT2D eigenvalue weighted by atomic mass is 9.99. The fourth-order valence-electron chi connectivity index (χ4n) is 9.79. The van der Waals surface area contributed by atoms with Crippen LogP contribution in [0.3, 0.4) is 0 Å². The average molecular weight is 859 g/mol. The quantitative estimate of drug-likeness (QED) is 0.157. The van der Waals surface area contributed by atoms with E-state index in [1.807, 2.05) is 38.1 Å². The van der Waals surface area contributed by atoms with E-state index in [4.69, 9.17) is 9.72 Å². The molecule has 4 aliphatic heterocycles. The number of methoxy groups -OCH3 is 1. The van der Waals surface area contributed by atoms with Gasteiger partial charge in [-0.15, -0.1) is 0 Å². The minimum Gasteiger partial charge on any atom is -0.495 e. The Morgan fingerprint density at radius 3 is 2.56 bits per heavy atom. The second-order valence-corrected chi connectivity index (χ2v) is 17.4. The zero-order chi connectivity index (χ0) is 44.2. The van der Waals surface area contributed by atoms with Crippen LogP contribution in [0.15, 0.2) is 42.6 Å². The molecule has 16 heteroatoms.